The van der Waals surface area contributed by atoms with Crippen molar-refractivity contribution in [3.63, 3.8) is 0 Å². The summed E-state index contributed by atoms with van der Waals surface area (Å²) in [6.07, 6.45) is 4.00. The van der Waals surface area contributed by atoms with Gasteiger partial charge in [-0.2, -0.15) is 0 Å². The number of rotatable bonds is 3. The Morgan fingerprint density at radius 1 is 1.22 bits per heavy atom. The van der Waals surface area contributed by atoms with E-state index in [9.17, 15) is 8.78 Å². The highest BCUT2D eigenvalue weighted by atomic mass is 19.2. The standard InChI is InChI=1S/C14H20F2N2/c1-9(12-3-2-4-13(15)14(12)16)18-11-7-5-10(17)6-8-11/h2-4,9-11,18H,5-8,17H2,1H3. The smallest absolute Gasteiger partial charge is 0.163 e. The van der Waals surface area contributed by atoms with Gasteiger partial charge in [-0.3, -0.25) is 0 Å². The van der Waals surface area contributed by atoms with Crippen molar-refractivity contribution in [3.05, 3.63) is 35.4 Å². The molecule has 0 spiro atoms. The summed E-state index contributed by atoms with van der Waals surface area (Å²) in [6, 6.07) is 4.78. The lowest BCUT2D eigenvalue weighted by molar-refractivity contribution is 0.318. The van der Waals surface area contributed by atoms with Gasteiger partial charge in [-0.25, -0.2) is 8.78 Å². The molecule has 1 aliphatic carbocycles. The zero-order valence-corrected chi connectivity index (χ0v) is 10.6. The van der Waals surface area contributed by atoms with E-state index in [4.69, 9.17) is 5.73 Å². The van der Waals surface area contributed by atoms with Gasteiger partial charge in [-0.15, -0.1) is 0 Å². The lowest BCUT2D eigenvalue weighted by Crippen LogP contribution is -2.38. The van der Waals surface area contributed by atoms with E-state index in [0.717, 1.165) is 31.7 Å². The number of hydrogen-bond acceptors (Lipinski definition) is 2. The maximum atomic E-state index is 13.6. The van der Waals surface area contributed by atoms with E-state index < -0.39 is 11.6 Å². The molecule has 100 valence electrons. The van der Waals surface area contributed by atoms with Crippen LogP contribution in [0.2, 0.25) is 0 Å². The molecule has 1 saturated carbocycles. The Balaban J connectivity index is 1.99. The summed E-state index contributed by atoms with van der Waals surface area (Å²) in [5.74, 6) is -1.53. The van der Waals surface area contributed by atoms with E-state index in [1.54, 1.807) is 12.1 Å². The third-order valence-corrected chi connectivity index (χ3v) is 3.71. The minimum absolute atomic E-state index is 0.181. The molecule has 1 aliphatic rings. The minimum Gasteiger partial charge on any atom is -0.328 e. The minimum atomic E-state index is -0.785. The zero-order chi connectivity index (χ0) is 13.1. The number of nitrogens with one attached hydrogen (secondary N) is 1. The van der Waals surface area contributed by atoms with Crippen LogP contribution in [0.4, 0.5) is 8.78 Å². The predicted octanol–water partition coefficient (Wildman–Crippen LogP) is 2.89. The molecule has 0 bridgehead atoms. The fourth-order valence-corrected chi connectivity index (χ4v) is 2.58. The molecule has 18 heavy (non-hydrogen) atoms. The summed E-state index contributed by atoms with van der Waals surface area (Å²) in [6.45, 7) is 1.87. The van der Waals surface area contributed by atoms with Gasteiger partial charge in [0, 0.05) is 23.7 Å². The number of benzene rings is 1. The molecule has 1 unspecified atom stereocenters. The van der Waals surface area contributed by atoms with E-state index in [1.165, 1.54) is 0 Å². The first-order valence-corrected chi connectivity index (χ1v) is 6.53. The van der Waals surface area contributed by atoms with Gasteiger partial charge in [0.1, 0.15) is 0 Å². The SMILES string of the molecule is CC(NC1CCC(N)CC1)c1cccc(F)c1F. The van der Waals surface area contributed by atoms with Gasteiger partial charge < -0.3 is 11.1 Å². The Bertz CT molecular complexity index is 401. The maximum Gasteiger partial charge on any atom is 0.163 e. The molecule has 2 rings (SSSR count). The molecule has 0 aromatic heterocycles. The zero-order valence-electron chi connectivity index (χ0n) is 10.6. The third-order valence-electron chi connectivity index (χ3n) is 3.71. The van der Waals surface area contributed by atoms with Gasteiger partial charge in [0.15, 0.2) is 11.6 Å². The van der Waals surface area contributed by atoms with Gasteiger partial charge in [-0.05, 0) is 38.7 Å². The molecular weight excluding hydrogens is 234 g/mol. The van der Waals surface area contributed by atoms with Crippen molar-refractivity contribution in [3.8, 4) is 0 Å². The molecule has 0 radical (unpaired) electrons. The molecule has 4 heteroatoms. The molecule has 0 saturated heterocycles. The van der Waals surface area contributed by atoms with Crippen LogP contribution in [0.1, 0.15) is 44.2 Å². The summed E-state index contributed by atoms with van der Waals surface area (Å²) >= 11 is 0. The molecule has 0 aliphatic heterocycles. The highest BCUT2D eigenvalue weighted by molar-refractivity contribution is 5.22. The van der Waals surface area contributed by atoms with E-state index in [-0.39, 0.29) is 6.04 Å². The lowest BCUT2D eigenvalue weighted by atomic mass is 9.91. The first-order valence-electron chi connectivity index (χ1n) is 6.53. The monoisotopic (exact) mass is 254 g/mol. The lowest BCUT2D eigenvalue weighted by Gasteiger charge is -2.29. The molecule has 1 fully saturated rings. The molecule has 1 aromatic carbocycles. The molecule has 0 heterocycles. The molecule has 1 atom stereocenters. The van der Waals surface area contributed by atoms with Crippen LogP contribution in [-0.4, -0.2) is 12.1 Å². The summed E-state index contributed by atoms with van der Waals surface area (Å²) in [5.41, 5.74) is 6.24. The van der Waals surface area contributed by atoms with Crippen LogP contribution in [0.3, 0.4) is 0 Å². The average molecular weight is 254 g/mol. The highest BCUT2D eigenvalue weighted by Crippen LogP contribution is 2.23. The number of hydrogen-bond donors (Lipinski definition) is 2. The van der Waals surface area contributed by atoms with E-state index in [2.05, 4.69) is 5.32 Å². The van der Waals surface area contributed by atoms with E-state index in [0.29, 0.717) is 17.6 Å². The van der Waals surface area contributed by atoms with Crippen molar-refractivity contribution >= 4 is 0 Å². The molecular formula is C14H20F2N2. The number of halogens is 2. The van der Waals surface area contributed by atoms with Crippen LogP contribution in [0.25, 0.3) is 0 Å². The Hall–Kier alpha value is -1.00. The molecule has 2 nitrogen and oxygen atoms in total. The summed E-state index contributed by atoms with van der Waals surface area (Å²) in [5, 5.41) is 3.36. The predicted molar refractivity (Wildman–Crippen MR) is 68.1 cm³/mol. The van der Waals surface area contributed by atoms with Crippen LogP contribution in [0.15, 0.2) is 18.2 Å². The van der Waals surface area contributed by atoms with Gasteiger partial charge in [0.2, 0.25) is 0 Å². The van der Waals surface area contributed by atoms with Crippen molar-refractivity contribution in [2.75, 3.05) is 0 Å². The summed E-state index contributed by atoms with van der Waals surface area (Å²) in [7, 11) is 0. The second-order valence-electron chi connectivity index (χ2n) is 5.14. The third kappa shape index (κ3) is 3.06. The molecule has 0 amide bonds. The summed E-state index contributed by atoms with van der Waals surface area (Å²) in [4.78, 5) is 0. The van der Waals surface area contributed by atoms with Crippen LogP contribution in [0, 0.1) is 11.6 Å². The fourth-order valence-electron chi connectivity index (χ4n) is 2.58. The molecule has 3 N–H and O–H groups in total. The van der Waals surface area contributed by atoms with Crippen molar-refractivity contribution in [1.82, 2.24) is 5.32 Å². The maximum absolute atomic E-state index is 13.6. The van der Waals surface area contributed by atoms with E-state index >= 15 is 0 Å². The van der Waals surface area contributed by atoms with Crippen LogP contribution in [0.5, 0.6) is 0 Å². The van der Waals surface area contributed by atoms with Gasteiger partial charge in [0.25, 0.3) is 0 Å². The van der Waals surface area contributed by atoms with Crippen molar-refractivity contribution in [1.29, 1.82) is 0 Å². The average Bonchev–Trinajstić information content (AvgIpc) is 2.35. The van der Waals surface area contributed by atoms with Crippen LogP contribution in [-0.2, 0) is 0 Å². The second kappa shape index (κ2) is 5.76. The molecule has 1 aromatic rings. The van der Waals surface area contributed by atoms with Gasteiger partial charge >= 0.3 is 0 Å². The van der Waals surface area contributed by atoms with Crippen molar-refractivity contribution < 1.29 is 8.78 Å². The quantitative estimate of drug-likeness (QED) is 0.870. The Morgan fingerprint density at radius 3 is 2.56 bits per heavy atom. The Morgan fingerprint density at radius 2 is 1.89 bits per heavy atom. The Labute approximate surface area is 107 Å². The van der Waals surface area contributed by atoms with Crippen LogP contribution >= 0.6 is 0 Å². The largest absolute Gasteiger partial charge is 0.328 e. The highest BCUT2D eigenvalue weighted by Gasteiger charge is 2.22. The summed E-state index contributed by atoms with van der Waals surface area (Å²) < 4.78 is 26.8. The van der Waals surface area contributed by atoms with Crippen LogP contribution < -0.4 is 11.1 Å². The first-order chi connectivity index (χ1) is 8.58. The normalized spacial score (nSPS) is 26.0. The topological polar surface area (TPSA) is 38.0 Å². The fraction of sp³-hybridized carbons (Fsp3) is 0.571. The van der Waals surface area contributed by atoms with E-state index in [1.807, 2.05) is 6.92 Å². The first kappa shape index (κ1) is 13.4. The Kier molecular flexibility index (Phi) is 4.30. The number of nitrogens with two attached hydrogens (primary N) is 1. The van der Waals surface area contributed by atoms with Crippen molar-refractivity contribution in [2.24, 2.45) is 5.73 Å². The van der Waals surface area contributed by atoms with Crippen molar-refractivity contribution in [2.45, 2.75) is 50.7 Å². The van der Waals surface area contributed by atoms with Gasteiger partial charge in [0.05, 0.1) is 0 Å². The second-order valence-corrected chi connectivity index (χ2v) is 5.14. The van der Waals surface area contributed by atoms with Gasteiger partial charge in [-0.1, -0.05) is 12.1 Å².